The van der Waals surface area contributed by atoms with Crippen molar-refractivity contribution in [3.05, 3.63) is 54.2 Å². The van der Waals surface area contributed by atoms with Gasteiger partial charge < -0.3 is 9.73 Å². The number of carbonyl (C=O) groups excluding carboxylic acids is 1. The molecule has 0 aromatic carbocycles. The van der Waals surface area contributed by atoms with Crippen molar-refractivity contribution < 1.29 is 17.6 Å². The van der Waals surface area contributed by atoms with Gasteiger partial charge in [-0.1, -0.05) is 0 Å². The van der Waals surface area contributed by atoms with E-state index in [1.165, 1.54) is 6.26 Å². The largest absolute Gasteiger partial charge is 0.467 e. The highest BCUT2D eigenvalue weighted by Gasteiger charge is 2.20. The van der Waals surface area contributed by atoms with E-state index in [1.54, 1.807) is 36.7 Å². The Balaban J connectivity index is 1.96. The van der Waals surface area contributed by atoms with Crippen molar-refractivity contribution in [2.24, 2.45) is 0 Å². The van der Waals surface area contributed by atoms with Gasteiger partial charge in [-0.15, -0.1) is 0 Å². The third kappa shape index (κ3) is 4.97. The summed E-state index contributed by atoms with van der Waals surface area (Å²) in [5, 5.41) is 2.62. The zero-order valence-corrected chi connectivity index (χ0v) is 12.9. The number of hydrogen-bond donors (Lipinski definition) is 1. The Kier molecular flexibility index (Phi) is 5.29. The van der Waals surface area contributed by atoms with Crippen molar-refractivity contribution in [1.82, 2.24) is 14.6 Å². The molecular formula is C14H17N3O4S. The van der Waals surface area contributed by atoms with Crippen molar-refractivity contribution in [3.8, 4) is 0 Å². The average Bonchev–Trinajstić information content (AvgIpc) is 2.98. The number of carbonyl (C=O) groups is 1. The second kappa shape index (κ2) is 7.19. The third-order valence-electron chi connectivity index (χ3n) is 2.94. The fourth-order valence-electron chi connectivity index (χ4n) is 1.80. The summed E-state index contributed by atoms with van der Waals surface area (Å²) in [5.74, 6) is 0.212. The van der Waals surface area contributed by atoms with Crippen LogP contribution >= 0.6 is 0 Å². The Hall–Kier alpha value is -2.19. The molecule has 2 aromatic heterocycles. The lowest BCUT2D eigenvalue weighted by atomic mass is 10.3. The van der Waals surface area contributed by atoms with Crippen molar-refractivity contribution in [1.29, 1.82) is 0 Å². The number of furan rings is 1. The molecule has 1 amide bonds. The number of rotatable bonds is 7. The summed E-state index contributed by atoms with van der Waals surface area (Å²) in [4.78, 5) is 15.8. The van der Waals surface area contributed by atoms with E-state index in [4.69, 9.17) is 4.42 Å². The lowest BCUT2D eigenvalue weighted by Crippen LogP contribution is -2.39. The SMILES string of the molecule is CS(=O)(=O)N(CC(=O)NCc1ccco1)Cc1ccncc1. The fraction of sp³-hybridized carbons (Fsp3) is 0.286. The number of aromatic nitrogens is 1. The zero-order valence-electron chi connectivity index (χ0n) is 12.1. The summed E-state index contributed by atoms with van der Waals surface area (Å²) in [6.45, 7) is 0.0933. The second-order valence-corrected chi connectivity index (χ2v) is 6.73. The van der Waals surface area contributed by atoms with Crippen molar-refractivity contribution in [2.45, 2.75) is 13.1 Å². The molecule has 8 heteroatoms. The fourth-order valence-corrected chi connectivity index (χ4v) is 2.53. The molecule has 7 nitrogen and oxygen atoms in total. The zero-order chi connectivity index (χ0) is 16.0. The maximum Gasteiger partial charge on any atom is 0.235 e. The van der Waals surface area contributed by atoms with Gasteiger partial charge in [-0.3, -0.25) is 9.78 Å². The molecule has 0 aliphatic heterocycles. The average molecular weight is 323 g/mol. The van der Waals surface area contributed by atoms with Gasteiger partial charge in [-0.05, 0) is 29.8 Å². The molecule has 0 aliphatic rings. The number of pyridine rings is 1. The molecule has 0 atom stereocenters. The van der Waals surface area contributed by atoms with Gasteiger partial charge in [-0.2, -0.15) is 4.31 Å². The second-order valence-electron chi connectivity index (χ2n) is 4.74. The molecule has 0 saturated carbocycles. The molecule has 2 heterocycles. The van der Waals surface area contributed by atoms with Gasteiger partial charge in [-0.25, -0.2) is 8.42 Å². The van der Waals surface area contributed by atoms with Crippen LogP contribution in [0.5, 0.6) is 0 Å². The summed E-state index contributed by atoms with van der Waals surface area (Å²) in [5.41, 5.74) is 0.763. The van der Waals surface area contributed by atoms with E-state index in [1.807, 2.05) is 0 Å². The Bertz CT molecular complexity index is 699. The first-order valence-corrected chi connectivity index (χ1v) is 8.43. The van der Waals surface area contributed by atoms with Gasteiger partial charge in [0, 0.05) is 18.9 Å². The van der Waals surface area contributed by atoms with Gasteiger partial charge >= 0.3 is 0 Å². The van der Waals surface area contributed by atoms with E-state index in [0.717, 1.165) is 16.1 Å². The van der Waals surface area contributed by atoms with E-state index >= 15 is 0 Å². The Morgan fingerprint density at radius 2 is 2.05 bits per heavy atom. The minimum Gasteiger partial charge on any atom is -0.467 e. The number of amides is 1. The van der Waals surface area contributed by atoms with Gasteiger partial charge in [0.2, 0.25) is 15.9 Å². The number of nitrogens with one attached hydrogen (secondary N) is 1. The van der Waals surface area contributed by atoms with Crippen LogP contribution in [0.2, 0.25) is 0 Å². The highest BCUT2D eigenvalue weighted by atomic mass is 32.2. The molecule has 118 valence electrons. The van der Waals surface area contributed by atoms with Crippen LogP contribution in [0.4, 0.5) is 0 Å². The van der Waals surface area contributed by atoms with Gasteiger partial charge in [0.05, 0.1) is 25.6 Å². The van der Waals surface area contributed by atoms with Crippen molar-refractivity contribution in [2.75, 3.05) is 12.8 Å². The topological polar surface area (TPSA) is 92.5 Å². The monoisotopic (exact) mass is 323 g/mol. The van der Waals surface area contributed by atoms with Crippen LogP contribution in [0.25, 0.3) is 0 Å². The minimum absolute atomic E-state index is 0.121. The van der Waals surface area contributed by atoms with Crippen LogP contribution in [0.1, 0.15) is 11.3 Å². The highest BCUT2D eigenvalue weighted by Crippen LogP contribution is 2.07. The van der Waals surface area contributed by atoms with Crippen LogP contribution in [0.3, 0.4) is 0 Å². The number of sulfonamides is 1. The van der Waals surface area contributed by atoms with Gasteiger partial charge in [0.1, 0.15) is 5.76 Å². The molecule has 0 unspecified atom stereocenters. The predicted octanol–water partition coefficient (Wildman–Crippen LogP) is 0.753. The maximum absolute atomic E-state index is 11.9. The summed E-state index contributed by atoms with van der Waals surface area (Å²) >= 11 is 0. The molecule has 2 rings (SSSR count). The van der Waals surface area contributed by atoms with E-state index in [2.05, 4.69) is 10.3 Å². The summed E-state index contributed by atoms with van der Waals surface area (Å²) < 4.78 is 29.8. The minimum atomic E-state index is -3.50. The van der Waals surface area contributed by atoms with Crippen molar-refractivity contribution >= 4 is 15.9 Å². The molecule has 0 spiro atoms. The van der Waals surface area contributed by atoms with Crippen molar-refractivity contribution in [3.63, 3.8) is 0 Å². The van der Waals surface area contributed by atoms with Gasteiger partial charge in [0.25, 0.3) is 0 Å². The van der Waals surface area contributed by atoms with Crippen LogP contribution in [0.15, 0.2) is 47.3 Å². The summed E-state index contributed by atoms with van der Waals surface area (Å²) in [6.07, 6.45) is 5.74. The molecule has 0 aliphatic carbocycles. The summed E-state index contributed by atoms with van der Waals surface area (Å²) in [7, 11) is -3.50. The lowest BCUT2D eigenvalue weighted by Gasteiger charge is -2.19. The van der Waals surface area contributed by atoms with E-state index in [0.29, 0.717) is 5.76 Å². The van der Waals surface area contributed by atoms with E-state index < -0.39 is 15.9 Å². The lowest BCUT2D eigenvalue weighted by molar-refractivity contribution is -0.121. The number of nitrogens with zero attached hydrogens (tertiary/aromatic N) is 2. The standard InChI is InChI=1S/C14H17N3O4S/c1-22(19,20)17(10-12-4-6-15-7-5-12)11-14(18)16-9-13-3-2-8-21-13/h2-8H,9-11H2,1H3,(H,16,18). The third-order valence-corrected chi connectivity index (χ3v) is 4.13. The molecule has 0 bridgehead atoms. The first-order valence-electron chi connectivity index (χ1n) is 6.58. The molecule has 0 radical (unpaired) electrons. The normalized spacial score (nSPS) is 11.5. The first-order chi connectivity index (χ1) is 10.4. The van der Waals surface area contributed by atoms with E-state index in [9.17, 15) is 13.2 Å². The molecule has 0 saturated heterocycles. The molecule has 1 N–H and O–H groups in total. The predicted molar refractivity (Wildman–Crippen MR) is 80.0 cm³/mol. The van der Waals surface area contributed by atoms with Crippen LogP contribution in [0, 0.1) is 0 Å². The first kappa shape index (κ1) is 16.2. The van der Waals surface area contributed by atoms with Gasteiger partial charge in [0.15, 0.2) is 0 Å². The van der Waals surface area contributed by atoms with Crippen LogP contribution in [-0.4, -0.2) is 36.4 Å². The summed E-state index contributed by atoms with van der Waals surface area (Å²) in [6, 6.07) is 6.86. The maximum atomic E-state index is 11.9. The van der Waals surface area contributed by atoms with Crippen LogP contribution in [-0.2, 0) is 27.9 Å². The Morgan fingerprint density at radius 1 is 1.32 bits per heavy atom. The highest BCUT2D eigenvalue weighted by molar-refractivity contribution is 7.88. The quantitative estimate of drug-likeness (QED) is 0.812. The van der Waals surface area contributed by atoms with E-state index in [-0.39, 0.29) is 19.6 Å². The van der Waals surface area contributed by atoms with Crippen LogP contribution < -0.4 is 5.32 Å². The molecular weight excluding hydrogens is 306 g/mol. The Morgan fingerprint density at radius 3 is 2.64 bits per heavy atom. The smallest absolute Gasteiger partial charge is 0.235 e. The Labute approximate surface area is 129 Å². The molecule has 0 fully saturated rings. The number of hydrogen-bond acceptors (Lipinski definition) is 5. The molecule has 22 heavy (non-hydrogen) atoms. The molecule has 2 aromatic rings.